The molecule has 0 atom stereocenters. The summed E-state index contributed by atoms with van der Waals surface area (Å²) < 4.78 is 0. The predicted octanol–water partition coefficient (Wildman–Crippen LogP) is 3.63. The molecule has 0 spiro atoms. The van der Waals surface area contributed by atoms with Crippen LogP contribution in [0, 0.1) is 6.92 Å². The van der Waals surface area contributed by atoms with Crippen molar-refractivity contribution >= 4 is 34.0 Å². The fraction of sp³-hybridized carbons (Fsp3) is 0.308. The molecule has 0 saturated heterocycles. The van der Waals surface area contributed by atoms with Crippen molar-refractivity contribution in [3.63, 3.8) is 0 Å². The molecule has 2 heterocycles. The highest BCUT2D eigenvalue weighted by Gasteiger charge is 2.26. The third kappa shape index (κ3) is 2.93. The van der Waals surface area contributed by atoms with E-state index in [-0.39, 0.29) is 5.91 Å². The average molecular weight is 294 g/mol. The average Bonchev–Trinajstić information content (AvgIpc) is 3.09. The van der Waals surface area contributed by atoms with Crippen molar-refractivity contribution < 1.29 is 4.79 Å². The zero-order chi connectivity index (χ0) is 13.4. The van der Waals surface area contributed by atoms with Crippen LogP contribution in [0.15, 0.2) is 17.5 Å². The van der Waals surface area contributed by atoms with E-state index in [1.165, 1.54) is 24.2 Å². The second-order valence-corrected chi connectivity index (χ2v) is 5.87. The number of halogens is 1. The van der Waals surface area contributed by atoms with Crippen molar-refractivity contribution in [1.29, 1.82) is 0 Å². The predicted molar refractivity (Wildman–Crippen MR) is 76.0 cm³/mol. The molecule has 2 aromatic heterocycles. The van der Waals surface area contributed by atoms with Gasteiger partial charge in [0.2, 0.25) is 0 Å². The molecule has 1 fully saturated rings. The van der Waals surface area contributed by atoms with E-state index < -0.39 is 0 Å². The van der Waals surface area contributed by atoms with E-state index in [1.807, 2.05) is 5.38 Å². The quantitative estimate of drug-likeness (QED) is 0.879. The molecule has 1 N–H and O–H groups in total. The minimum absolute atomic E-state index is 0.205. The number of aromatic nitrogens is 2. The lowest BCUT2D eigenvalue weighted by molar-refractivity contribution is 0.102. The number of nitrogens with one attached hydrogen (secondary N) is 1. The van der Waals surface area contributed by atoms with Gasteiger partial charge < -0.3 is 0 Å². The van der Waals surface area contributed by atoms with E-state index in [0.29, 0.717) is 21.8 Å². The van der Waals surface area contributed by atoms with Crippen LogP contribution in [-0.2, 0) is 0 Å². The summed E-state index contributed by atoms with van der Waals surface area (Å²) in [6.45, 7) is 1.80. The topological polar surface area (TPSA) is 54.9 Å². The van der Waals surface area contributed by atoms with E-state index in [2.05, 4.69) is 15.3 Å². The van der Waals surface area contributed by atoms with Gasteiger partial charge in [0, 0.05) is 22.6 Å². The van der Waals surface area contributed by atoms with Gasteiger partial charge in [-0.05, 0) is 31.9 Å². The molecule has 3 rings (SSSR count). The Hall–Kier alpha value is -1.46. The van der Waals surface area contributed by atoms with Gasteiger partial charge in [0.1, 0.15) is 5.15 Å². The molecule has 1 aliphatic rings. The number of anilines is 1. The molecule has 1 aliphatic carbocycles. The van der Waals surface area contributed by atoms with E-state index in [4.69, 9.17) is 11.6 Å². The number of hydrogen-bond donors (Lipinski definition) is 1. The highest BCUT2D eigenvalue weighted by molar-refractivity contribution is 7.14. The molecule has 0 aromatic carbocycles. The molecule has 6 heteroatoms. The van der Waals surface area contributed by atoms with Crippen LogP contribution in [0.4, 0.5) is 5.13 Å². The van der Waals surface area contributed by atoms with Gasteiger partial charge >= 0.3 is 0 Å². The minimum atomic E-state index is -0.205. The number of rotatable bonds is 3. The van der Waals surface area contributed by atoms with E-state index >= 15 is 0 Å². The zero-order valence-corrected chi connectivity index (χ0v) is 11.9. The van der Waals surface area contributed by atoms with Gasteiger partial charge in [0.05, 0.1) is 5.69 Å². The first-order chi connectivity index (χ1) is 9.11. The van der Waals surface area contributed by atoms with Crippen LogP contribution in [0.3, 0.4) is 0 Å². The van der Waals surface area contributed by atoms with Gasteiger partial charge in [-0.15, -0.1) is 11.3 Å². The summed E-state index contributed by atoms with van der Waals surface area (Å²) in [7, 11) is 0. The molecule has 1 amide bonds. The first-order valence-corrected chi connectivity index (χ1v) is 7.28. The lowest BCUT2D eigenvalue weighted by Gasteiger charge is -2.03. The van der Waals surface area contributed by atoms with Crippen LogP contribution in [-0.4, -0.2) is 15.9 Å². The SMILES string of the molecule is Cc1cc(C(=O)Nc2nc(C3CC3)cs2)cc(Cl)n1. The number of nitrogens with zero attached hydrogens (tertiary/aromatic N) is 2. The summed E-state index contributed by atoms with van der Waals surface area (Å²) in [6, 6.07) is 3.26. The van der Waals surface area contributed by atoms with Crippen LogP contribution >= 0.6 is 22.9 Å². The van der Waals surface area contributed by atoms with Crippen molar-refractivity contribution in [3.05, 3.63) is 39.6 Å². The zero-order valence-electron chi connectivity index (χ0n) is 10.3. The van der Waals surface area contributed by atoms with E-state index in [0.717, 1.165) is 11.4 Å². The van der Waals surface area contributed by atoms with E-state index in [1.54, 1.807) is 19.1 Å². The van der Waals surface area contributed by atoms with Crippen LogP contribution in [0.5, 0.6) is 0 Å². The molecule has 0 radical (unpaired) electrons. The van der Waals surface area contributed by atoms with Gasteiger partial charge in [-0.2, -0.15) is 0 Å². The Morgan fingerprint density at radius 1 is 1.42 bits per heavy atom. The van der Waals surface area contributed by atoms with Gasteiger partial charge in [0.15, 0.2) is 5.13 Å². The van der Waals surface area contributed by atoms with Crippen molar-refractivity contribution in [2.75, 3.05) is 5.32 Å². The maximum Gasteiger partial charge on any atom is 0.257 e. The fourth-order valence-corrected chi connectivity index (χ4v) is 2.88. The van der Waals surface area contributed by atoms with Crippen LogP contribution in [0.2, 0.25) is 5.15 Å². The summed E-state index contributed by atoms with van der Waals surface area (Å²) in [5, 5.41) is 5.77. The van der Waals surface area contributed by atoms with Crippen molar-refractivity contribution in [1.82, 2.24) is 9.97 Å². The van der Waals surface area contributed by atoms with Gasteiger partial charge in [0.25, 0.3) is 5.91 Å². The first-order valence-electron chi connectivity index (χ1n) is 6.03. The number of carbonyl (C=O) groups excluding carboxylic acids is 1. The van der Waals surface area contributed by atoms with Crippen LogP contribution < -0.4 is 5.32 Å². The number of amides is 1. The normalized spacial score (nSPS) is 14.4. The molecule has 98 valence electrons. The number of carbonyl (C=O) groups is 1. The largest absolute Gasteiger partial charge is 0.298 e. The van der Waals surface area contributed by atoms with Gasteiger partial charge in [-0.25, -0.2) is 9.97 Å². The maximum absolute atomic E-state index is 12.1. The number of thiazole rings is 1. The molecule has 2 aromatic rings. The van der Waals surface area contributed by atoms with Crippen LogP contribution in [0.1, 0.15) is 40.5 Å². The molecule has 4 nitrogen and oxygen atoms in total. The molecule has 0 unspecified atom stereocenters. The molecule has 0 aliphatic heterocycles. The molecule has 0 bridgehead atoms. The van der Waals surface area contributed by atoms with Gasteiger partial charge in [-0.3, -0.25) is 10.1 Å². The lowest BCUT2D eigenvalue weighted by atomic mass is 10.2. The molecular weight excluding hydrogens is 282 g/mol. The second-order valence-electron chi connectivity index (χ2n) is 4.63. The third-order valence-electron chi connectivity index (χ3n) is 2.92. The monoisotopic (exact) mass is 293 g/mol. The number of hydrogen-bond acceptors (Lipinski definition) is 4. The second kappa shape index (κ2) is 4.90. The summed E-state index contributed by atoms with van der Waals surface area (Å²) in [6.07, 6.45) is 2.41. The maximum atomic E-state index is 12.1. The molecule has 19 heavy (non-hydrogen) atoms. The third-order valence-corrected chi connectivity index (χ3v) is 3.89. The number of aryl methyl sites for hydroxylation is 1. The first kappa shape index (κ1) is 12.6. The lowest BCUT2D eigenvalue weighted by Crippen LogP contribution is -2.12. The molecular formula is C13H12ClN3OS. The smallest absolute Gasteiger partial charge is 0.257 e. The van der Waals surface area contributed by atoms with Crippen LogP contribution in [0.25, 0.3) is 0 Å². The Kier molecular flexibility index (Phi) is 3.24. The highest BCUT2D eigenvalue weighted by atomic mass is 35.5. The Morgan fingerprint density at radius 2 is 2.21 bits per heavy atom. The van der Waals surface area contributed by atoms with Gasteiger partial charge in [-0.1, -0.05) is 11.6 Å². The van der Waals surface area contributed by atoms with Crippen molar-refractivity contribution in [2.24, 2.45) is 0 Å². The Labute approximate surface area is 119 Å². The molecule has 1 saturated carbocycles. The Balaban J connectivity index is 1.75. The van der Waals surface area contributed by atoms with Crippen molar-refractivity contribution in [3.8, 4) is 0 Å². The summed E-state index contributed by atoms with van der Waals surface area (Å²) in [4.78, 5) is 20.5. The van der Waals surface area contributed by atoms with Crippen molar-refractivity contribution in [2.45, 2.75) is 25.7 Å². The fourth-order valence-electron chi connectivity index (χ4n) is 1.84. The van der Waals surface area contributed by atoms with E-state index in [9.17, 15) is 4.79 Å². The summed E-state index contributed by atoms with van der Waals surface area (Å²) in [5.74, 6) is 0.392. The standard InChI is InChI=1S/C13H12ClN3OS/c1-7-4-9(5-11(14)15-7)12(18)17-13-16-10(6-19-13)8-2-3-8/h4-6,8H,2-3H2,1H3,(H,16,17,18). The number of pyridine rings is 1. The Morgan fingerprint density at radius 3 is 2.89 bits per heavy atom. The minimum Gasteiger partial charge on any atom is -0.298 e. The summed E-state index contributed by atoms with van der Waals surface area (Å²) >= 11 is 7.30. The summed E-state index contributed by atoms with van der Waals surface area (Å²) in [5.41, 5.74) is 2.31. The highest BCUT2D eigenvalue weighted by Crippen LogP contribution is 2.40. The Bertz CT molecular complexity index is 616.